The number of hydrogen-bond acceptors (Lipinski definition) is 0. The van der Waals surface area contributed by atoms with Crippen LogP contribution < -0.4 is 0 Å². The zero-order chi connectivity index (χ0) is 11.1. The highest BCUT2D eigenvalue weighted by atomic mass is 14.1. The molecule has 0 unspecified atom stereocenters. The molecule has 3 rings (SSSR count). The van der Waals surface area contributed by atoms with Gasteiger partial charge in [0.05, 0.1) is 0 Å². The van der Waals surface area contributed by atoms with Crippen molar-refractivity contribution in [1.82, 2.24) is 0 Å². The Morgan fingerprint density at radius 2 is 1.44 bits per heavy atom. The Balaban J connectivity index is 2.67. The van der Waals surface area contributed by atoms with Gasteiger partial charge >= 0.3 is 0 Å². The third kappa shape index (κ3) is 1.23. The third-order valence-electron chi connectivity index (χ3n) is 3.30. The predicted octanol–water partition coefficient (Wildman–Crippen LogP) is 4.61. The first-order valence-corrected chi connectivity index (χ1v) is 5.65. The molecule has 0 saturated carbocycles. The molecule has 0 radical (unpaired) electrons. The lowest BCUT2D eigenvalue weighted by Gasteiger charge is -2.09. The maximum atomic E-state index is 2.28. The van der Waals surface area contributed by atoms with Crippen molar-refractivity contribution < 1.29 is 0 Å². The fourth-order valence-corrected chi connectivity index (χ4v) is 2.53. The normalized spacial score (nSPS) is 11.1. The van der Waals surface area contributed by atoms with E-state index in [4.69, 9.17) is 0 Å². The average Bonchev–Trinajstić information content (AvgIpc) is 2.29. The Labute approximate surface area is 95.5 Å². The van der Waals surface area contributed by atoms with Gasteiger partial charge in [-0.3, -0.25) is 0 Å². The first-order chi connectivity index (χ1) is 7.77. The molecule has 0 heterocycles. The van der Waals surface area contributed by atoms with Gasteiger partial charge < -0.3 is 0 Å². The van der Waals surface area contributed by atoms with E-state index in [0.29, 0.717) is 0 Å². The average molecular weight is 206 g/mol. The first-order valence-electron chi connectivity index (χ1n) is 5.65. The summed E-state index contributed by atoms with van der Waals surface area (Å²) in [6.45, 7) is 4.37. The summed E-state index contributed by atoms with van der Waals surface area (Å²) in [7, 11) is 0. The lowest BCUT2D eigenvalue weighted by molar-refractivity contribution is 1.51. The van der Waals surface area contributed by atoms with Gasteiger partial charge in [-0.25, -0.2) is 0 Å². The molecule has 0 heteroatoms. The molecule has 0 amide bonds. The highest BCUT2D eigenvalue weighted by Gasteiger charge is 2.04. The van der Waals surface area contributed by atoms with Crippen molar-refractivity contribution in [3.63, 3.8) is 0 Å². The molecule has 0 aliphatic carbocycles. The second kappa shape index (κ2) is 3.34. The highest BCUT2D eigenvalue weighted by Crippen LogP contribution is 2.30. The fraction of sp³-hybridized carbons (Fsp3) is 0.125. The number of fused-ring (bicyclic) bond motifs is 3. The van der Waals surface area contributed by atoms with Crippen LogP contribution in [0.15, 0.2) is 48.5 Å². The van der Waals surface area contributed by atoms with Crippen molar-refractivity contribution in [1.29, 1.82) is 0 Å². The van der Waals surface area contributed by atoms with Crippen LogP contribution in [-0.4, -0.2) is 0 Å². The molecule has 3 aromatic carbocycles. The molecule has 0 fully saturated rings. The van der Waals surface area contributed by atoms with Crippen LogP contribution in [0.5, 0.6) is 0 Å². The molecule has 0 N–H and O–H groups in total. The van der Waals surface area contributed by atoms with Gasteiger partial charge in [-0.1, -0.05) is 48.5 Å². The molecule has 0 spiro atoms. The summed E-state index contributed by atoms with van der Waals surface area (Å²) in [5, 5.41) is 5.47. The summed E-state index contributed by atoms with van der Waals surface area (Å²) < 4.78 is 0. The molecule has 0 atom stereocenters. The Bertz CT molecular complexity index is 678. The van der Waals surface area contributed by atoms with Gasteiger partial charge in [-0.2, -0.15) is 0 Å². The molecule has 0 aliphatic rings. The van der Waals surface area contributed by atoms with E-state index in [2.05, 4.69) is 62.4 Å². The number of aryl methyl sites for hydroxylation is 2. The second-order valence-corrected chi connectivity index (χ2v) is 4.41. The Morgan fingerprint density at radius 3 is 2.25 bits per heavy atom. The molecule has 78 valence electrons. The van der Waals surface area contributed by atoms with Crippen LogP contribution in [0.4, 0.5) is 0 Å². The van der Waals surface area contributed by atoms with Crippen molar-refractivity contribution >= 4 is 21.5 Å². The molecule has 0 nitrogen and oxygen atoms in total. The van der Waals surface area contributed by atoms with E-state index in [1.165, 1.54) is 32.7 Å². The van der Waals surface area contributed by atoms with Crippen LogP contribution in [0.1, 0.15) is 11.1 Å². The van der Waals surface area contributed by atoms with Crippen molar-refractivity contribution in [3.05, 3.63) is 59.7 Å². The molecule has 16 heavy (non-hydrogen) atoms. The van der Waals surface area contributed by atoms with Gasteiger partial charge in [-0.05, 0) is 46.5 Å². The Kier molecular flexibility index (Phi) is 1.97. The smallest absolute Gasteiger partial charge is 0.00759 e. The fourth-order valence-electron chi connectivity index (χ4n) is 2.53. The lowest BCUT2D eigenvalue weighted by Crippen LogP contribution is -1.84. The summed E-state index contributed by atoms with van der Waals surface area (Å²) in [4.78, 5) is 0. The van der Waals surface area contributed by atoms with E-state index in [1.807, 2.05) is 0 Å². The molecular formula is C16H14. The molecule has 0 aromatic heterocycles. The highest BCUT2D eigenvalue weighted by molar-refractivity contribution is 6.10. The second-order valence-electron chi connectivity index (χ2n) is 4.41. The number of benzene rings is 3. The van der Waals surface area contributed by atoms with Crippen LogP contribution in [0.3, 0.4) is 0 Å². The quantitative estimate of drug-likeness (QED) is 0.471. The van der Waals surface area contributed by atoms with Crippen LogP contribution in [-0.2, 0) is 0 Å². The van der Waals surface area contributed by atoms with Gasteiger partial charge in [-0.15, -0.1) is 0 Å². The SMILES string of the molecule is Cc1cc2cccc(C)c2c2ccccc12. The molecule has 3 aromatic rings. The zero-order valence-electron chi connectivity index (χ0n) is 9.62. The topological polar surface area (TPSA) is 0 Å². The van der Waals surface area contributed by atoms with E-state index >= 15 is 0 Å². The largest absolute Gasteiger partial charge is 0.0616 e. The van der Waals surface area contributed by atoms with Crippen molar-refractivity contribution in [2.75, 3.05) is 0 Å². The van der Waals surface area contributed by atoms with Gasteiger partial charge in [0.1, 0.15) is 0 Å². The standard InChI is InChI=1S/C16H14/c1-11-6-5-7-13-10-12(2)14-8-3-4-9-15(14)16(11)13/h3-10H,1-2H3. The minimum Gasteiger partial charge on any atom is -0.0616 e. The summed E-state index contributed by atoms with van der Waals surface area (Å²) in [5.41, 5.74) is 2.71. The Morgan fingerprint density at radius 1 is 0.688 bits per heavy atom. The van der Waals surface area contributed by atoms with Crippen molar-refractivity contribution in [3.8, 4) is 0 Å². The first kappa shape index (κ1) is 9.41. The number of hydrogen-bond donors (Lipinski definition) is 0. The van der Waals surface area contributed by atoms with Crippen LogP contribution in [0.25, 0.3) is 21.5 Å². The maximum Gasteiger partial charge on any atom is -0.00759 e. The zero-order valence-corrected chi connectivity index (χ0v) is 9.62. The summed E-state index contributed by atoms with van der Waals surface area (Å²) in [5.74, 6) is 0. The number of rotatable bonds is 0. The van der Waals surface area contributed by atoms with Gasteiger partial charge in [0.15, 0.2) is 0 Å². The van der Waals surface area contributed by atoms with E-state index in [0.717, 1.165) is 0 Å². The summed E-state index contributed by atoms with van der Waals surface area (Å²) in [6.07, 6.45) is 0. The molecule has 0 bridgehead atoms. The maximum absolute atomic E-state index is 2.28. The predicted molar refractivity (Wildman–Crippen MR) is 70.9 cm³/mol. The van der Waals surface area contributed by atoms with Crippen molar-refractivity contribution in [2.45, 2.75) is 13.8 Å². The van der Waals surface area contributed by atoms with E-state index in [9.17, 15) is 0 Å². The minimum atomic E-state index is 1.34. The van der Waals surface area contributed by atoms with Crippen LogP contribution >= 0.6 is 0 Å². The molecule has 0 saturated heterocycles. The van der Waals surface area contributed by atoms with Gasteiger partial charge in [0, 0.05) is 0 Å². The van der Waals surface area contributed by atoms with Crippen LogP contribution in [0.2, 0.25) is 0 Å². The summed E-state index contributed by atoms with van der Waals surface area (Å²) in [6, 6.07) is 17.4. The molecular weight excluding hydrogens is 192 g/mol. The lowest BCUT2D eigenvalue weighted by atomic mass is 9.95. The monoisotopic (exact) mass is 206 g/mol. The van der Waals surface area contributed by atoms with Gasteiger partial charge in [0.25, 0.3) is 0 Å². The van der Waals surface area contributed by atoms with E-state index in [1.54, 1.807) is 0 Å². The summed E-state index contributed by atoms with van der Waals surface area (Å²) >= 11 is 0. The minimum absolute atomic E-state index is 1.34. The van der Waals surface area contributed by atoms with Crippen LogP contribution in [0, 0.1) is 13.8 Å². The third-order valence-corrected chi connectivity index (χ3v) is 3.30. The molecule has 0 aliphatic heterocycles. The van der Waals surface area contributed by atoms with Gasteiger partial charge in [0.2, 0.25) is 0 Å². The Hall–Kier alpha value is -1.82. The van der Waals surface area contributed by atoms with E-state index < -0.39 is 0 Å². The van der Waals surface area contributed by atoms with Crippen molar-refractivity contribution in [2.24, 2.45) is 0 Å². The van der Waals surface area contributed by atoms with E-state index in [-0.39, 0.29) is 0 Å².